The van der Waals surface area contributed by atoms with Crippen LogP contribution in [0.2, 0.25) is 5.02 Å². The number of sulfone groups is 1. The molecule has 1 aliphatic rings. The van der Waals surface area contributed by atoms with Crippen molar-refractivity contribution in [3.8, 4) is 0 Å². The third-order valence-electron chi connectivity index (χ3n) is 2.69. The van der Waals surface area contributed by atoms with Crippen molar-refractivity contribution in [3.05, 3.63) is 28.8 Å². The van der Waals surface area contributed by atoms with E-state index in [2.05, 4.69) is 5.16 Å². The van der Waals surface area contributed by atoms with Gasteiger partial charge in [0.05, 0.1) is 15.9 Å². The van der Waals surface area contributed by atoms with Crippen LogP contribution in [0.1, 0.15) is 18.9 Å². The highest BCUT2D eigenvalue weighted by Gasteiger charge is 2.34. The zero-order valence-electron chi connectivity index (χ0n) is 8.51. The second-order valence-corrected chi connectivity index (χ2v) is 6.52. The van der Waals surface area contributed by atoms with Crippen LogP contribution in [0.3, 0.4) is 0 Å². The summed E-state index contributed by atoms with van der Waals surface area (Å²) in [4.78, 5) is 0.184. The van der Waals surface area contributed by atoms with E-state index in [9.17, 15) is 8.42 Å². The summed E-state index contributed by atoms with van der Waals surface area (Å²) in [5, 5.41) is 11.9. The Kier molecular flexibility index (Phi) is 2.67. The Balaban J connectivity index is 2.77. The molecule has 0 aromatic heterocycles. The molecular formula is C10H10ClNO3S. The van der Waals surface area contributed by atoms with Crippen LogP contribution in [0.25, 0.3) is 0 Å². The van der Waals surface area contributed by atoms with Crippen molar-refractivity contribution >= 4 is 27.1 Å². The van der Waals surface area contributed by atoms with E-state index < -0.39 is 15.1 Å². The summed E-state index contributed by atoms with van der Waals surface area (Å²) in [6.07, 6.45) is 0.201. The molecule has 0 amide bonds. The Bertz CT molecular complexity index is 565. The van der Waals surface area contributed by atoms with Gasteiger partial charge in [-0.25, -0.2) is 8.42 Å². The number of nitrogens with zero attached hydrogens (tertiary/aromatic N) is 1. The van der Waals surface area contributed by atoms with Crippen molar-refractivity contribution in [2.45, 2.75) is 23.5 Å². The molecule has 1 heterocycles. The van der Waals surface area contributed by atoms with Crippen LogP contribution in [0.4, 0.5) is 0 Å². The Morgan fingerprint density at radius 3 is 2.81 bits per heavy atom. The fourth-order valence-corrected chi connectivity index (χ4v) is 3.50. The number of rotatable bonds is 0. The smallest absolute Gasteiger partial charge is 0.182 e. The minimum atomic E-state index is -3.33. The molecule has 1 atom stereocenters. The predicted octanol–water partition coefficient (Wildman–Crippen LogP) is 2.08. The summed E-state index contributed by atoms with van der Waals surface area (Å²) in [7, 11) is -3.33. The van der Waals surface area contributed by atoms with Crippen molar-refractivity contribution in [2.75, 3.05) is 0 Å². The monoisotopic (exact) mass is 259 g/mol. The first kappa shape index (κ1) is 11.4. The Morgan fingerprint density at radius 1 is 1.50 bits per heavy atom. The lowest BCUT2D eigenvalue weighted by Gasteiger charge is -2.22. The summed E-state index contributed by atoms with van der Waals surface area (Å²) in [6.45, 7) is 1.60. The first-order chi connectivity index (χ1) is 7.46. The summed E-state index contributed by atoms with van der Waals surface area (Å²) < 4.78 is 24.0. The van der Waals surface area contributed by atoms with Crippen molar-refractivity contribution in [2.24, 2.45) is 5.16 Å². The van der Waals surface area contributed by atoms with Gasteiger partial charge in [0.25, 0.3) is 0 Å². The maximum atomic E-state index is 12.0. The zero-order valence-corrected chi connectivity index (χ0v) is 10.1. The van der Waals surface area contributed by atoms with E-state index in [1.54, 1.807) is 6.92 Å². The van der Waals surface area contributed by atoms with Crippen LogP contribution in [0, 0.1) is 0 Å². The van der Waals surface area contributed by atoms with Crippen molar-refractivity contribution in [1.29, 1.82) is 0 Å². The maximum absolute atomic E-state index is 12.0. The molecule has 0 radical (unpaired) electrons. The van der Waals surface area contributed by atoms with Gasteiger partial charge >= 0.3 is 0 Å². The molecular weight excluding hydrogens is 250 g/mol. The van der Waals surface area contributed by atoms with Gasteiger partial charge in [-0.2, -0.15) is 0 Å². The van der Waals surface area contributed by atoms with Gasteiger partial charge in [0, 0.05) is 17.0 Å². The van der Waals surface area contributed by atoms with Gasteiger partial charge in [-0.15, -0.1) is 0 Å². The molecule has 1 N–H and O–H groups in total. The molecule has 0 saturated heterocycles. The lowest BCUT2D eigenvalue weighted by molar-refractivity contribution is 0.317. The molecule has 1 aliphatic heterocycles. The van der Waals surface area contributed by atoms with Gasteiger partial charge in [-0.3, -0.25) is 0 Å². The SMILES string of the molecule is C[C@@H]1C/C(=N/O)c2cc(Cl)ccc2S1(=O)=O. The number of halogens is 1. The largest absolute Gasteiger partial charge is 0.411 e. The van der Waals surface area contributed by atoms with Crippen LogP contribution in [0.5, 0.6) is 0 Å². The van der Waals surface area contributed by atoms with E-state index >= 15 is 0 Å². The van der Waals surface area contributed by atoms with E-state index in [0.717, 1.165) is 0 Å². The van der Waals surface area contributed by atoms with Crippen LogP contribution in [-0.2, 0) is 9.84 Å². The Labute approximate surface area is 98.5 Å². The number of hydrogen-bond acceptors (Lipinski definition) is 4. The quantitative estimate of drug-likeness (QED) is 0.573. The van der Waals surface area contributed by atoms with Gasteiger partial charge in [0.2, 0.25) is 0 Å². The molecule has 1 aromatic rings. The highest BCUT2D eigenvalue weighted by molar-refractivity contribution is 7.92. The number of oxime groups is 1. The molecule has 0 unspecified atom stereocenters. The van der Waals surface area contributed by atoms with Gasteiger partial charge in [0.15, 0.2) is 9.84 Å². The molecule has 0 fully saturated rings. The van der Waals surface area contributed by atoms with Crippen LogP contribution >= 0.6 is 11.6 Å². The van der Waals surface area contributed by atoms with E-state index in [4.69, 9.17) is 16.8 Å². The summed E-state index contributed by atoms with van der Waals surface area (Å²) in [5.41, 5.74) is 0.757. The first-order valence-electron chi connectivity index (χ1n) is 4.71. The van der Waals surface area contributed by atoms with Gasteiger partial charge in [-0.05, 0) is 25.1 Å². The van der Waals surface area contributed by atoms with Crippen LogP contribution in [0.15, 0.2) is 28.3 Å². The van der Waals surface area contributed by atoms with E-state index in [-0.39, 0.29) is 11.3 Å². The van der Waals surface area contributed by atoms with Gasteiger partial charge in [-0.1, -0.05) is 16.8 Å². The summed E-state index contributed by atoms with van der Waals surface area (Å²) >= 11 is 5.80. The fourth-order valence-electron chi connectivity index (χ4n) is 1.78. The number of hydrogen-bond donors (Lipinski definition) is 1. The fraction of sp³-hybridized carbons (Fsp3) is 0.300. The lowest BCUT2D eigenvalue weighted by atomic mass is 10.1. The Morgan fingerprint density at radius 2 is 2.19 bits per heavy atom. The summed E-state index contributed by atoms with van der Waals surface area (Å²) in [6, 6.07) is 4.48. The standard InChI is InChI=1S/C10H10ClNO3S/c1-6-4-9(12-13)8-5-7(11)2-3-10(8)16(6,14)15/h2-3,5-6,13H,4H2,1H3/b12-9-/t6-/m1/s1. The highest BCUT2D eigenvalue weighted by atomic mass is 35.5. The van der Waals surface area contributed by atoms with Gasteiger partial charge in [0.1, 0.15) is 0 Å². The molecule has 16 heavy (non-hydrogen) atoms. The molecule has 0 saturated carbocycles. The summed E-state index contributed by atoms with van der Waals surface area (Å²) in [5.74, 6) is 0. The first-order valence-corrected chi connectivity index (χ1v) is 6.64. The number of benzene rings is 1. The molecule has 86 valence electrons. The van der Waals surface area contributed by atoms with Crippen molar-refractivity contribution in [1.82, 2.24) is 0 Å². The minimum absolute atomic E-state index is 0.184. The van der Waals surface area contributed by atoms with Crippen LogP contribution < -0.4 is 0 Å². The maximum Gasteiger partial charge on any atom is 0.182 e. The topological polar surface area (TPSA) is 66.7 Å². The minimum Gasteiger partial charge on any atom is -0.411 e. The zero-order chi connectivity index (χ0) is 11.9. The van der Waals surface area contributed by atoms with Crippen LogP contribution in [-0.4, -0.2) is 24.6 Å². The average molecular weight is 260 g/mol. The number of fused-ring (bicyclic) bond motifs is 1. The average Bonchev–Trinajstić information content (AvgIpc) is 2.23. The van der Waals surface area contributed by atoms with Gasteiger partial charge < -0.3 is 5.21 Å². The second-order valence-electron chi connectivity index (χ2n) is 3.75. The molecule has 2 rings (SSSR count). The van der Waals surface area contributed by atoms with E-state index in [0.29, 0.717) is 16.3 Å². The second kappa shape index (κ2) is 3.75. The molecule has 6 heteroatoms. The van der Waals surface area contributed by atoms with Crippen molar-refractivity contribution < 1.29 is 13.6 Å². The molecule has 0 aliphatic carbocycles. The van der Waals surface area contributed by atoms with E-state index in [1.165, 1.54) is 18.2 Å². The predicted molar refractivity (Wildman–Crippen MR) is 61.0 cm³/mol. The molecule has 0 spiro atoms. The normalized spacial score (nSPS) is 25.4. The third-order valence-corrected chi connectivity index (χ3v) is 5.12. The van der Waals surface area contributed by atoms with Crippen molar-refractivity contribution in [3.63, 3.8) is 0 Å². The molecule has 4 nitrogen and oxygen atoms in total. The third kappa shape index (κ3) is 1.60. The molecule has 0 bridgehead atoms. The molecule has 1 aromatic carbocycles. The highest BCUT2D eigenvalue weighted by Crippen LogP contribution is 2.31. The lowest BCUT2D eigenvalue weighted by Crippen LogP contribution is -2.29. The van der Waals surface area contributed by atoms with E-state index in [1.807, 2.05) is 0 Å². The Hall–Kier alpha value is -1.07.